The minimum Gasteiger partial charge on any atom is -0.320 e. The van der Waals surface area contributed by atoms with Crippen LogP contribution in [0.5, 0.6) is 0 Å². The molecular weight excluding hydrogens is 246 g/mol. The van der Waals surface area contributed by atoms with Crippen molar-refractivity contribution in [1.82, 2.24) is 0 Å². The van der Waals surface area contributed by atoms with Gasteiger partial charge in [0.1, 0.15) is 11.6 Å². The molecule has 0 saturated carbocycles. The van der Waals surface area contributed by atoms with Crippen molar-refractivity contribution < 1.29 is 17.6 Å². The van der Waals surface area contributed by atoms with Gasteiger partial charge in [-0.05, 0) is 24.3 Å². The predicted octanol–water partition coefficient (Wildman–Crippen LogP) is 3.29. The highest BCUT2D eigenvalue weighted by Gasteiger charge is 2.19. The summed E-state index contributed by atoms with van der Waals surface area (Å²) in [5, 5.41) is 0. The smallest absolute Gasteiger partial charge is 0.163 e. The van der Waals surface area contributed by atoms with Gasteiger partial charge >= 0.3 is 0 Å². The second-order valence-electron chi connectivity index (χ2n) is 3.79. The molecule has 5 heteroatoms. The molecule has 0 bridgehead atoms. The van der Waals surface area contributed by atoms with Gasteiger partial charge in [0.05, 0.1) is 6.04 Å². The maximum atomic E-state index is 13.5. The van der Waals surface area contributed by atoms with Crippen molar-refractivity contribution >= 4 is 0 Å². The average Bonchev–Trinajstić information content (AvgIpc) is 2.35. The average molecular weight is 255 g/mol. The first-order valence-corrected chi connectivity index (χ1v) is 5.15. The van der Waals surface area contributed by atoms with Crippen LogP contribution in [-0.4, -0.2) is 0 Å². The summed E-state index contributed by atoms with van der Waals surface area (Å²) in [6.45, 7) is 0. The summed E-state index contributed by atoms with van der Waals surface area (Å²) in [5.74, 6) is -3.71. The van der Waals surface area contributed by atoms with E-state index in [1.807, 2.05) is 0 Å². The lowest BCUT2D eigenvalue weighted by molar-refractivity contribution is 0.491. The van der Waals surface area contributed by atoms with Crippen molar-refractivity contribution in [3.8, 4) is 0 Å². The normalized spacial score (nSPS) is 12.5. The third-order valence-electron chi connectivity index (χ3n) is 2.61. The minimum absolute atomic E-state index is 0.223. The van der Waals surface area contributed by atoms with E-state index in [0.29, 0.717) is 0 Å². The summed E-state index contributed by atoms with van der Waals surface area (Å²) < 4.78 is 53.0. The first kappa shape index (κ1) is 12.6. The molecule has 0 amide bonds. The van der Waals surface area contributed by atoms with E-state index in [0.717, 1.165) is 24.3 Å². The van der Waals surface area contributed by atoms with Gasteiger partial charge in [-0.1, -0.05) is 12.1 Å². The molecule has 2 rings (SSSR count). The Kier molecular flexibility index (Phi) is 3.34. The summed E-state index contributed by atoms with van der Waals surface area (Å²) in [6, 6.07) is 4.82. The molecule has 2 aromatic rings. The van der Waals surface area contributed by atoms with E-state index in [9.17, 15) is 17.6 Å². The van der Waals surface area contributed by atoms with Crippen LogP contribution in [0.1, 0.15) is 17.2 Å². The largest absolute Gasteiger partial charge is 0.320 e. The van der Waals surface area contributed by atoms with Crippen LogP contribution in [0.4, 0.5) is 17.6 Å². The summed E-state index contributed by atoms with van der Waals surface area (Å²) >= 11 is 0. The van der Waals surface area contributed by atoms with E-state index in [1.54, 1.807) is 0 Å². The summed E-state index contributed by atoms with van der Waals surface area (Å²) in [6.07, 6.45) is 0. The predicted molar refractivity (Wildman–Crippen MR) is 58.7 cm³/mol. The number of halogens is 4. The number of hydrogen-bond acceptors (Lipinski definition) is 1. The maximum Gasteiger partial charge on any atom is 0.163 e. The second-order valence-corrected chi connectivity index (χ2v) is 3.79. The highest BCUT2D eigenvalue weighted by molar-refractivity contribution is 5.33. The van der Waals surface area contributed by atoms with Gasteiger partial charge in [0, 0.05) is 11.1 Å². The Morgan fingerprint density at radius 3 is 2.28 bits per heavy atom. The molecule has 1 atom stereocenters. The Morgan fingerprint density at radius 2 is 1.56 bits per heavy atom. The molecule has 0 fully saturated rings. The first-order chi connectivity index (χ1) is 8.50. The van der Waals surface area contributed by atoms with E-state index >= 15 is 0 Å². The van der Waals surface area contributed by atoms with Crippen molar-refractivity contribution in [2.75, 3.05) is 0 Å². The quantitative estimate of drug-likeness (QED) is 0.819. The lowest BCUT2D eigenvalue weighted by atomic mass is 9.98. The molecule has 1 unspecified atom stereocenters. The lowest BCUT2D eigenvalue weighted by Crippen LogP contribution is -2.16. The molecule has 94 valence electrons. The Balaban J connectivity index is 2.51. The number of nitrogens with two attached hydrogens (primary N) is 1. The van der Waals surface area contributed by atoms with E-state index in [1.165, 1.54) is 12.1 Å². The monoisotopic (exact) mass is 255 g/mol. The van der Waals surface area contributed by atoms with Crippen LogP contribution in [-0.2, 0) is 0 Å². The topological polar surface area (TPSA) is 26.0 Å². The zero-order valence-electron chi connectivity index (χ0n) is 9.13. The fraction of sp³-hybridized carbons (Fsp3) is 0.0769. The van der Waals surface area contributed by atoms with Crippen LogP contribution in [0.25, 0.3) is 0 Å². The molecule has 0 heterocycles. The van der Waals surface area contributed by atoms with Crippen molar-refractivity contribution in [3.05, 3.63) is 70.8 Å². The van der Waals surface area contributed by atoms with Crippen molar-refractivity contribution in [3.63, 3.8) is 0 Å². The summed E-state index contributed by atoms with van der Waals surface area (Å²) in [5.41, 5.74) is 5.20. The Morgan fingerprint density at radius 1 is 0.833 bits per heavy atom. The summed E-state index contributed by atoms with van der Waals surface area (Å²) in [7, 11) is 0. The molecule has 0 radical (unpaired) electrons. The van der Waals surface area contributed by atoms with Crippen molar-refractivity contribution in [2.45, 2.75) is 6.04 Å². The maximum absolute atomic E-state index is 13.5. The Hall–Kier alpha value is -1.88. The van der Waals surface area contributed by atoms with Crippen LogP contribution in [0.15, 0.2) is 36.4 Å². The molecule has 0 aliphatic rings. The van der Waals surface area contributed by atoms with Crippen LogP contribution in [0.3, 0.4) is 0 Å². The molecular formula is C13H9F4N. The first-order valence-electron chi connectivity index (χ1n) is 5.15. The van der Waals surface area contributed by atoms with Gasteiger partial charge in [0.15, 0.2) is 11.6 Å². The molecule has 0 aliphatic carbocycles. The van der Waals surface area contributed by atoms with Gasteiger partial charge < -0.3 is 5.73 Å². The molecule has 0 spiro atoms. The Bertz CT molecular complexity index is 581. The molecule has 0 aliphatic heterocycles. The minimum atomic E-state index is -1.27. The zero-order chi connectivity index (χ0) is 13.3. The molecule has 1 nitrogen and oxygen atoms in total. The van der Waals surface area contributed by atoms with Crippen molar-refractivity contribution in [1.29, 1.82) is 0 Å². The molecule has 0 saturated heterocycles. The molecule has 2 N–H and O–H groups in total. The zero-order valence-corrected chi connectivity index (χ0v) is 9.13. The van der Waals surface area contributed by atoms with E-state index < -0.39 is 29.3 Å². The number of benzene rings is 2. The highest BCUT2D eigenvalue weighted by atomic mass is 19.2. The SMILES string of the molecule is NC(c1cc(F)ccc1F)c1cccc(F)c1F. The standard InChI is InChI=1S/C13H9F4N/c14-7-4-5-10(15)9(6-7)13(18)8-2-1-3-11(16)12(8)17/h1-6,13H,18H2. The molecule has 18 heavy (non-hydrogen) atoms. The van der Waals surface area contributed by atoms with Gasteiger partial charge in [0.2, 0.25) is 0 Å². The third-order valence-corrected chi connectivity index (χ3v) is 2.61. The van der Waals surface area contributed by atoms with Crippen LogP contribution >= 0.6 is 0 Å². The number of hydrogen-bond donors (Lipinski definition) is 1. The van der Waals surface area contributed by atoms with Gasteiger partial charge in [-0.2, -0.15) is 0 Å². The second kappa shape index (κ2) is 4.78. The highest BCUT2D eigenvalue weighted by Crippen LogP contribution is 2.26. The van der Waals surface area contributed by atoms with E-state index in [-0.39, 0.29) is 11.1 Å². The Labute approximate surface area is 101 Å². The van der Waals surface area contributed by atoms with Gasteiger partial charge in [-0.15, -0.1) is 0 Å². The van der Waals surface area contributed by atoms with Crippen LogP contribution in [0.2, 0.25) is 0 Å². The van der Waals surface area contributed by atoms with Crippen molar-refractivity contribution in [2.24, 2.45) is 5.73 Å². The lowest BCUT2D eigenvalue weighted by Gasteiger charge is -2.14. The van der Waals surface area contributed by atoms with Crippen LogP contribution in [0, 0.1) is 23.3 Å². The van der Waals surface area contributed by atoms with Gasteiger partial charge in [0.25, 0.3) is 0 Å². The fourth-order valence-corrected chi connectivity index (χ4v) is 1.68. The van der Waals surface area contributed by atoms with E-state index in [2.05, 4.69) is 0 Å². The van der Waals surface area contributed by atoms with Gasteiger partial charge in [-0.25, -0.2) is 17.6 Å². The molecule has 0 aromatic heterocycles. The summed E-state index contributed by atoms with van der Waals surface area (Å²) in [4.78, 5) is 0. The third kappa shape index (κ3) is 2.22. The van der Waals surface area contributed by atoms with E-state index in [4.69, 9.17) is 5.73 Å². The fourth-order valence-electron chi connectivity index (χ4n) is 1.68. The van der Waals surface area contributed by atoms with Gasteiger partial charge in [-0.3, -0.25) is 0 Å². The molecule has 2 aromatic carbocycles. The van der Waals surface area contributed by atoms with Crippen LogP contribution < -0.4 is 5.73 Å². The number of rotatable bonds is 2.